The number of likely N-dealkylation sites (N-methyl/N-ethyl adjacent to an activating group) is 2. The number of hydrogen-bond donors (Lipinski definition) is 0. The van der Waals surface area contributed by atoms with Crippen LogP contribution in [0.15, 0.2) is 107 Å². The van der Waals surface area contributed by atoms with Crippen molar-refractivity contribution in [1.29, 1.82) is 5.26 Å². The summed E-state index contributed by atoms with van der Waals surface area (Å²) in [5, 5.41) is 9.85. The standard InChI is InChI=1S/C34H34N4.C2H6.4CH4/c1-33(2)25-12-8-10-14-28(25)37(6)30(33)20-18-23-16-17-24(32(23)27(22-35)36-5)19-21-31-34(3,4)26-13-9-11-15-29(26)38(31)7;1-2;;;;/h8-15,18-21H,16-17H2,1-4,6-7H3;1-2H3;4*1H4. The Morgan fingerprint density at radius 2 is 1.09 bits per heavy atom. The first kappa shape index (κ1) is 39.7. The van der Waals surface area contributed by atoms with E-state index in [1.807, 2.05) is 13.8 Å². The van der Waals surface area contributed by atoms with Gasteiger partial charge in [0.1, 0.15) is 0 Å². The van der Waals surface area contributed by atoms with Crippen LogP contribution in [-0.2, 0) is 10.8 Å². The van der Waals surface area contributed by atoms with Gasteiger partial charge < -0.3 is 9.80 Å². The summed E-state index contributed by atoms with van der Waals surface area (Å²) in [5.41, 5.74) is 10.3. The molecule has 0 unspecified atom stereocenters. The Hall–Kier alpha value is -4.28. The lowest BCUT2D eigenvalue weighted by molar-refractivity contribution is 0.640. The molecule has 1 saturated carbocycles. The molecule has 5 rings (SSSR count). The van der Waals surface area contributed by atoms with Crippen molar-refractivity contribution in [3.8, 4) is 6.07 Å². The van der Waals surface area contributed by atoms with Gasteiger partial charge >= 0.3 is 0 Å². The second-order valence-electron chi connectivity index (χ2n) is 11.3. The molecule has 0 aromatic heterocycles. The van der Waals surface area contributed by atoms with Crippen LogP contribution in [0.2, 0.25) is 0 Å². The van der Waals surface area contributed by atoms with E-state index in [1.165, 1.54) is 33.9 Å². The molecule has 0 N–H and O–H groups in total. The molecule has 0 radical (unpaired) electrons. The lowest BCUT2D eigenvalue weighted by Gasteiger charge is -2.24. The summed E-state index contributed by atoms with van der Waals surface area (Å²) in [6.07, 6.45) is 10.2. The number of nitriles is 1. The molecule has 3 aliphatic rings. The number of hydrogen-bond acceptors (Lipinski definition) is 3. The second-order valence-corrected chi connectivity index (χ2v) is 11.3. The SMILES string of the molecule is C.C.C.C.CC.[C-]#[N+]C(C#N)=C1C(=CC=C2N(C)c3ccccc3C2(C)C)CCC1=CC=C1N(C)c2ccccc2C1(C)C. The molecule has 1 aliphatic carbocycles. The van der Waals surface area contributed by atoms with Gasteiger partial charge in [0.15, 0.2) is 0 Å². The van der Waals surface area contributed by atoms with Crippen molar-refractivity contribution in [2.75, 3.05) is 23.9 Å². The zero-order valence-electron chi connectivity index (χ0n) is 25.1. The molecule has 2 aromatic carbocycles. The normalized spacial score (nSPS) is 20.2. The Morgan fingerprint density at radius 1 is 0.727 bits per heavy atom. The Bertz CT molecular complexity index is 1450. The van der Waals surface area contributed by atoms with E-state index in [4.69, 9.17) is 6.57 Å². The fourth-order valence-electron chi connectivity index (χ4n) is 6.46. The van der Waals surface area contributed by atoms with Crippen LogP contribution in [-0.4, -0.2) is 14.1 Å². The van der Waals surface area contributed by atoms with Crippen LogP contribution in [0.4, 0.5) is 11.4 Å². The summed E-state index contributed by atoms with van der Waals surface area (Å²) in [6.45, 7) is 20.7. The van der Waals surface area contributed by atoms with Gasteiger partial charge in [-0.3, -0.25) is 0 Å². The first-order valence-corrected chi connectivity index (χ1v) is 14.1. The van der Waals surface area contributed by atoms with Crippen LogP contribution in [0.3, 0.4) is 0 Å². The van der Waals surface area contributed by atoms with Crippen LogP contribution >= 0.6 is 0 Å². The van der Waals surface area contributed by atoms with E-state index in [9.17, 15) is 5.26 Å². The third-order valence-corrected chi connectivity index (χ3v) is 8.53. The van der Waals surface area contributed by atoms with Gasteiger partial charge in [0.25, 0.3) is 5.70 Å². The maximum atomic E-state index is 9.85. The highest BCUT2D eigenvalue weighted by molar-refractivity contribution is 5.72. The molecular weight excluding hydrogens is 536 g/mol. The third-order valence-electron chi connectivity index (χ3n) is 8.53. The minimum absolute atomic E-state index is 0. The molecule has 0 amide bonds. The Kier molecular flexibility index (Phi) is 13.9. The van der Waals surface area contributed by atoms with Crippen LogP contribution in [0.25, 0.3) is 4.85 Å². The lowest BCUT2D eigenvalue weighted by Crippen LogP contribution is -2.22. The van der Waals surface area contributed by atoms with Crippen molar-refractivity contribution < 1.29 is 0 Å². The van der Waals surface area contributed by atoms with Crippen molar-refractivity contribution in [1.82, 2.24) is 0 Å². The number of fused-ring (bicyclic) bond motifs is 2. The van der Waals surface area contributed by atoms with E-state index in [2.05, 4.69) is 135 Å². The zero-order valence-corrected chi connectivity index (χ0v) is 25.1. The topological polar surface area (TPSA) is 34.6 Å². The van der Waals surface area contributed by atoms with Crippen molar-refractivity contribution in [3.05, 3.63) is 129 Å². The van der Waals surface area contributed by atoms with Gasteiger partial charge in [0.05, 0.1) is 12.6 Å². The highest BCUT2D eigenvalue weighted by atomic mass is 15.2. The maximum Gasteiger partial charge on any atom is 0.269 e. The summed E-state index contributed by atoms with van der Waals surface area (Å²) in [7, 11) is 4.22. The Morgan fingerprint density at radius 3 is 1.41 bits per heavy atom. The van der Waals surface area contributed by atoms with Crippen LogP contribution < -0.4 is 9.80 Å². The van der Waals surface area contributed by atoms with Gasteiger partial charge in [-0.25, -0.2) is 10.1 Å². The molecule has 2 heterocycles. The van der Waals surface area contributed by atoms with E-state index < -0.39 is 0 Å². The summed E-state index contributed by atoms with van der Waals surface area (Å²) in [5.74, 6) is 0. The summed E-state index contributed by atoms with van der Waals surface area (Å²) < 4.78 is 0. The fourth-order valence-corrected chi connectivity index (χ4v) is 6.46. The van der Waals surface area contributed by atoms with Gasteiger partial charge in [-0.15, -0.1) is 0 Å². The average molecular weight is 593 g/mol. The van der Waals surface area contributed by atoms with Crippen molar-refractivity contribution in [2.24, 2.45) is 0 Å². The third kappa shape index (κ3) is 6.46. The first-order chi connectivity index (χ1) is 19.1. The number of anilines is 2. The number of nitrogens with zero attached hydrogens (tertiary/aromatic N) is 4. The number of benzene rings is 2. The maximum absolute atomic E-state index is 9.85. The number of rotatable bonds is 2. The summed E-state index contributed by atoms with van der Waals surface area (Å²) in [6, 6.07) is 19.2. The van der Waals surface area contributed by atoms with Crippen molar-refractivity contribution in [3.63, 3.8) is 0 Å². The number of para-hydroxylation sites is 2. The molecule has 4 nitrogen and oxygen atoms in total. The lowest BCUT2D eigenvalue weighted by atomic mass is 9.83. The molecule has 4 heteroatoms. The fraction of sp³-hybridized carbons (Fsp3) is 0.400. The van der Waals surface area contributed by atoms with Gasteiger partial charge in [0, 0.05) is 47.7 Å². The molecule has 0 saturated heterocycles. The van der Waals surface area contributed by atoms with Crippen LogP contribution in [0.5, 0.6) is 0 Å². The minimum Gasteiger partial charge on any atom is -0.347 e. The summed E-state index contributed by atoms with van der Waals surface area (Å²) >= 11 is 0. The average Bonchev–Trinajstić information content (AvgIpc) is 3.51. The van der Waals surface area contributed by atoms with Crippen molar-refractivity contribution in [2.45, 2.75) is 94.9 Å². The Balaban J connectivity index is 0.00000302. The van der Waals surface area contributed by atoms with Gasteiger partial charge in [0.2, 0.25) is 0 Å². The van der Waals surface area contributed by atoms with E-state index >= 15 is 0 Å². The Labute approximate surface area is 270 Å². The van der Waals surface area contributed by atoms with E-state index in [0.717, 1.165) is 29.6 Å². The van der Waals surface area contributed by atoms with E-state index in [1.54, 1.807) is 0 Å². The zero-order chi connectivity index (χ0) is 29.2. The van der Waals surface area contributed by atoms with Gasteiger partial charge in [-0.05, 0) is 65.0 Å². The van der Waals surface area contributed by atoms with Gasteiger partial charge in [-0.1, -0.05) is 120 Å². The summed E-state index contributed by atoms with van der Waals surface area (Å²) in [4.78, 5) is 8.13. The van der Waals surface area contributed by atoms with Crippen LogP contribution in [0.1, 0.15) is 95.2 Å². The largest absolute Gasteiger partial charge is 0.347 e. The highest BCUT2D eigenvalue weighted by Crippen LogP contribution is 2.48. The molecular formula is C40H56N4. The smallest absolute Gasteiger partial charge is 0.269 e. The molecule has 0 bridgehead atoms. The number of allylic oxidation sites excluding steroid dienone is 10. The molecule has 0 spiro atoms. The highest BCUT2D eigenvalue weighted by Gasteiger charge is 2.39. The quantitative estimate of drug-likeness (QED) is 0.257. The van der Waals surface area contributed by atoms with Crippen molar-refractivity contribution >= 4 is 11.4 Å². The molecule has 2 aliphatic heterocycles. The molecule has 2 aromatic rings. The predicted molar refractivity (Wildman–Crippen MR) is 195 cm³/mol. The molecule has 0 atom stereocenters. The molecule has 236 valence electrons. The first-order valence-electron chi connectivity index (χ1n) is 14.1. The van der Waals surface area contributed by atoms with E-state index in [-0.39, 0.29) is 46.2 Å². The monoisotopic (exact) mass is 592 g/mol. The molecule has 1 fully saturated rings. The molecule has 44 heavy (non-hydrogen) atoms. The van der Waals surface area contributed by atoms with Gasteiger partial charge in [-0.2, -0.15) is 0 Å². The predicted octanol–water partition coefficient (Wildman–Crippen LogP) is 11.5. The minimum atomic E-state index is -0.126. The van der Waals surface area contributed by atoms with Crippen LogP contribution in [0, 0.1) is 17.9 Å². The van der Waals surface area contributed by atoms with E-state index in [0.29, 0.717) is 0 Å². The second kappa shape index (κ2) is 15.4.